The van der Waals surface area contributed by atoms with Gasteiger partial charge in [0.15, 0.2) is 0 Å². The van der Waals surface area contributed by atoms with Crippen LogP contribution in [0.3, 0.4) is 0 Å². The molecule has 2 rings (SSSR count). The van der Waals surface area contributed by atoms with E-state index in [0.717, 1.165) is 0 Å². The number of carboxylic acid groups (broad SMARTS) is 1. The molecule has 0 unspecified atom stereocenters. The molecule has 1 heterocycles. The molecular weight excluding hydrogens is 316 g/mol. The Morgan fingerprint density at radius 2 is 2.14 bits per heavy atom. The molecule has 8 heteroatoms. The lowest BCUT2D eigenvalue weighted by atomic mass is 10.2. The zero-order valence-electron chi connectivity index (χ0n) is 10.7. The minimum atomic E-state index is -1.04. The van der Waals surface area contributed by atoms with E-state index in [4.69, 9.17) is 16.7 Å². The van der Waals surface area contributed by atoms with Crippen LogP contribution in [-0.4, -0.2) is 21.0 Å². The number of nitro benzene ring substituents is 1. The molecular formula is C13H9ClN2O4S. The molecule has 108 valence electrons. The number of benzene rings is 1. The Morgan fingerprint density at radius 3 is 2.76 bits per heavy atom. The van der Waals surface area contributed by atoms with Gasteiger partial charge in [-0.3, -0.25) is 10.1 Å². The summed E-state index contributed by atoms with van der Waals surface area (Å²) in [5.74, 6) is -1.04. The number of nitrogens with zero attached hydrogens (tertiary/aromatic N) is 2. The summed E-state index contributed by atoms with van der Waals surface area (Å²) < 4.78 is 0. The number of rotatable bonds is 4. The van der Waals surface area contributed by atoms with Crippen molar-refractivity contribution in [2.75, 3.05) is 0 Å². The molecule has 1 N–H and O–H groups in total. The molecule has 1 aromatic carbocycles. The largest absolute Gasteiger partial charge is 0.478 e. The number of halogens is 1. The zero-order chi connectivity index (χ0) is 15.6. The molecule has 0 aliphatic rings. The van der Waals surface area contributed by atoms with Crippen molar-refractivity contribution in [1.82, 2.24) is 4.98 Å². The number of carbonyl (C=O) groups is 1. The van der Waals surface area contributed by atoms with Crippen molar-refractivity contribution in [3.8, 4) is 0 Å². The minimum absolute atomic E-state index is 0.0301. The van der Waals surface area contributed by atoms with Crippen LogP contribution >= 0.6 is 23.4 Å². The lowest BCUT2D eigenvalue weighted by Gasteiger charge is -2.06. The fraction of sp³-hybridized carbons (Fsp3) is 0.0769. The van der Waals surface area contributed by atoms with Gasteiger partial charge in [0.05, 0.1) is 10.5 Å². The maximum absolute atomic E-state index is 10.9. The predicted molar refractivity (Wildman–Crippen MR) is 78.2 cm³/mol. The van der Waals surface area contributed by atoms with E-state index in [0.29, 0.717) is 15.5 Å². The normalized spacial score (nSPS) is 10.4. The first-order valence-corrected chi connectivity index (χ1v) is 6.89. The highest BCUT2D eigenvalue weighted by Gasteiger charge is 2.16. The van der Waals surface area contributed by atoms with Gasteiger partial charge in [-0.2, -0.15) is 0 Å². The molecule has 0 amide bonds. The molecule has 0 saturated carbocycles. The molecule has 0 aliphatic heterocycles. The molecule has 0 spiro atoms. The summed E-state index contributed by atoms with van der Waals surface area (Å²) in [7, 11) is 0. The van der Waals surface area contributed by atoms with E-state index < -0.39 is 10.9 Å². The Balaban J connectivity index is 2.36. The van der Waals surface area contributed by atoms with Crippen molar-refractivity contribution < 1.29 is 14.8 Å². The van der Waals surface area contributed by atoms with Gasteiger partial charge in [-0.05, 0) is 30.7 Å². The van der Waals surface area contributed by atoms with Crippen LogP contribution in [0.25, 0.3) is 0 Å². The van der Waals surface area contributed by atoms with Crippen LogP contribution in [0.15, 0.2) is 40.4 Å². The second-order valence-corrected chi connectivity index (χ2v) is 5.59. The molecule has 0 aliphatic carbocycles. The van der Waals surface area contributed by atoms with E-state index in [1.54, 1.807) is 6.92 Å². The summed E-state index contributed by atoms with van der Waals surface area (Å²) in [5, 5.41) is 20.2. The Kier molecular flexibility index (Phi) is 4.44. The summed E-state index contributed by atoms with van der Waals surface area (Å²) in [6.45, 7) is 1.71. The smallest absolute Gasteiger partial charge is 0.335 e. The number of hydrogen-bond acceptors (Lipinski definition) is 5. The van der Waals surface area contributed by atoms with E-state index in [1.165, 1.54) is 42.2 Å². The average Bonchev–Trinajstić information content (AvgIpc) is 2.42. The van der Waals surface area contributed by atoms with Crippen molar-refractivity contribution in [1.29, 1.82) is 0 Å². The summed E-state index contributed by atoms with van der Waals surface area (Å²) in [6, 6.07) is 5.68. The molecule has 21 heavy (non-hydrogen) atoms. The molecule has 0 radical (unpaired) electrons. The zero-order valence-corrected chi connectivity index (χ0v) is 12.3. The van der Waals surface area contributed by atoms with E-state index in [2.05, 4.69) is 4.98 Å². The van der Waals surface area contributed by atoms with Crippen molar-refractivity contribution in [2.45, 2.75) is 16.8 Å². The third-order valence-corrected chi connectivity index (χ3v) is 4.03. The molecule has 2 aromatic rings. The van der Waals surface area contributed by atoms with Crippen LogP contribution in [0.4, 0.5) is 5.69 Å². The second-order valence-electron chi connectivity index (χ2n) is 4.12. The van der Waals surface area contributed by atoms with E-state index in [-0.39, 0.29) is 16.3 Å². The van der Waals surface area contributed by atoms with Crippen molar-refractivity contribution >= 4 is 35.0 Å². The fourth-order valence-corrected chi connectivity index (χ4v) is 2.83. The SMILES string of the molecule is Cc1cc([N+](=O)[O-])c(Cl)cc1Sc1cc(C(=O)O)ccn1. The third kappa shape index (κ3) is 3.50. The number of aromatic nitrogens is 1. The van der Waals surface area contributed by atoms with Gasteiger partial charge in [0.2, 0.25) is 0 Å². The second kappa shape index (κ2) is 6.11. The average molecular weight is 325 g/mol. The lowest BCUT2D eigenvalue weighted by Crippen LogP contribution is -1.97. The maximum Gasteiger partial charge on any atom is 0.335 e. The first kappa shape index (κ1) is 15.3. The van der Waals surface area contributed by atoms with Gasteiger partial charge in [-0.25, -0.2) is 9.78 Å². The van der Waals surface area contributed by atoms with Crippen molar-refractivity contribution in [3.63, 3.8) is 0 Å². The number of aromatic carboxylic acids is 1. The first-order valence-electron chi connectivity index (χ1n) is 5.70. The first-order chi connectivity index (χ1) is 9.88. The van der Waals surface area contributed by atoms with Crippen LogP contribution in [0, 0.1) is 17.0 Å². The maximum atomic E-state index is 10.9. The van der Waals surface area contributed by atoms with Gasteiger partial charge < -0.3 is 5.11 Å². The highest BCUT2D eigenvalue weighted by atomic mass is 35.5. The molecule has 1 aromatic heterocycles. The van der Waals surface area contributed by atoms with Crippen molar-refractivity contribution in [3.05, 3.63) is 56.7 Å². The number of hydrogen-bond donors (Lipinski definition) is 1. The van der Waals surface area contributed by atoms with E-state index in [1.807, 2.05) is 0 Å². The topological polar surface area (TPSA) is 93.3 Å². The number of pyridine rings is 1. The van der Waals surface area contributed by atoms with Gasteiger partial charge in [-0.15, -0.1) is 0 Å². The number of aryl methyl sites for hydroxylation is 1. The molecule has 6 nitrogen and oxygen atoms in total. The monoisotopic (exact) mass is 324 g/mol. The van der Waals surface area contributed by atoms with Gasteiger partial charge in [0.25, 0.3) is 5.69 Å². The molecule has 0 saturated heterocycles. The number of carboxylic acids is 1. The highest BCUT2D eigenvalue weighted by molar-refractivity contribution is 7.99. The quantitative estimate of drug-likeness (QED) is 0.679. The summed E-state index contributed by atoms with van der Waals surface area (Å²) in [5.41, 5.74) is 0.627. The van der Waals surface area contributed by atoms with Crippen molar-refractivity contribution in [2.24, 2.45) is 0 Å². The summed E-state index contributed by atoms with van der Waals surface area (Å²) in [4.78, 5) is 25.9. The summed E-state index contributed by atoms with van der Waals surface area (Å²) >= 11 is 7.07. The summed E-state index contributed by atoms with van der Waals surface area (Å²) in [6.07, 6.45) is 1.40. The Bertz CT molecular complexity index is 736. The van der Waals surface area contributed by atoms with Crippen LogP contribution in [-0.2, 0) is 0 Å². The van der Waals surface area contributed by atoms with Crippen LogP contribution < -0.4 is 0 Å². The van der Waals surface area contributed by atoms with Crippen LogP contribution in [0.1, 0.15) is 15.9 Å². The lowest BCUT2D eigenvalue weighted by molar-refractivity contribution is -0.384. The Labute approximate surface area is 128 Å². The number of nitro groups is 1. The Morgan fingerprint density at radius 1 is 1.43 bits per heavy atom. The molecule has 0 fully saturated rings. The van der Waals surface area contributed by atoms with Crippen LogP contribution in [0.5, 0.6) is 0 Å². The van der Waals surface area contributed by atoms with Gasteiger partial charge in [0.1, 0.15) is 10.0 Å². The standard InChI is InChI=1S/C13H9ClN2O4S/c1-7-4-10(16(19)20)9(14)6-11(7)21-12-5-8(13(17)18)2-3-15-12/h2-6H,1H3,(H,17,18). The fourth-order valence-electron chi connectivity index (χ4n) is 1.61. The minimum Gasteiger partial charge on any atom is -0.478 e. The van der Waals surface area contributed by atoms with Crippen LogP contribution in [0.2, 0.25) is 5.02 Å². The molecule has 0 bridgehead atoms. The molecule has 0 atom stereocenters. The van der Waals surface area contributed by atoms with Gasteiger partial charge in [-0.1, -0.05) is 23.4 Å². The third-order valence-electron chi connectivity index (χ3n) is 2.64. The Hall–Kier alpha value is -2.12. The highest BCUT2D eigenvalue weighted by Crippen LogP contribution is 2.35. The van der Waals surface area contributed by atoms with Gasteiger partial charge in [0, 0.05) is 17.2 Å². The van der Waals surface area contributed by atoms with E-state index in [9.17, 15) is 14.9 Å². The van der Waals surface area contributed by atoms with Gasteiger partial charge >= 0.3 is 5.97 Å². The van der Waals surface area contributed by atoms with E-state index >= 15 is 0 Å². The predicted octanol–water partition coefficient (Wildman–Crippen LogP) is 3.80.